The molecule has 0 spiro atoms. The molecule has 1 aliphatic carbocycles. The minimum Gasteiger partial charge on any atom is -0.321 e. The fourth-order valence-electron chi connectivity index (χ4n) is 2.75. The van der Waals surface area contributed by atoms with Crippen molar-refractivity contribution in [1.82, 2.24) is 25.0 Å². The van der Waals surface area contributed by atoms with Gasteiger partial charge in [0.25, 0.3) is 0 Å². The molecule has 0 saturated heterocycles. The SMILES string of the molecule is NC(Cc1ccn(C2CCCCC2)n1)c1ncn[nH]1. The van der Waals surface area contributed by atoms with Crippen molar-refractivity contribution in [3.63, 3.8) is 0 Å². The van der Waals surface area contributed by atoms with Gasteiger partial charge in [-0.05, 0) is 18.9 Å². The van der Waals surface area contributed by atoms with Gasteiger partial charge in [0.05, 0.1) is 17.8 Å². The lowest BCUT2D eigenvalue weighted by Gasteiger charge is -2.21. The monoisotopic (exact) mass is 260 g/mol. The molecule has 102 valence electrons. The van der Waals surface area contributed by atoms with Crippen LogP contribution < -0.4 is 5.73 Å². The van der Waals surface area contributed by atoms with Crippen LogP contribution in [-0.4, -0.2) is 25.0 Å². The molecule has 19 heavy (non-hydrogen) atoms. The van der Waals surface area contributed by atoms with Crippen LogP contribution in [0.4, 0.5) is 0 Å². The van der Waals surface area contributed by atoms with Crippen molar-refractivity contribution in [2.45, 2.75) is 50.6 Å². The second-order valence-electron chi connectivity index (χ2n) is 5.26. The van der Waals surface area contributed by atoms with Gasteiger partial charge in [0.2, 0.25) is 0 Å². The molecule has 2 aromatic rings. The van der Waals surface area contributed by atoms with Gasteiger partial charge in [-0.2, -0.15) is 10.2 Å². The summed E-state index contributed by atoms with van der Waals surface area (Å²) in [5, 5.41) is 11.3. The van der Waals surface area contributed by atoms with Crippen molar-refractivity contribution in [1.29, 1.82) is 0 Å². The first-order valence-corrected chi connectivity index (χ1v) is 6.98. The molecular formula is C13H20N6. The van der Waals surface area contributed by atoms with Gasteiger partial charge in [0.1, 0.15) is 12.2 Å². The number of nitrogens with zero attached hydrogens (tertiary/aromatic N) is 4. The highest BCUT2D eigenvalue weighted by molar-refractivity contribution is 5.05. The van der Waals surface area contributed by atoms with E-state index in [0.29, 0.717) is 18.3 Å². The summed E-state index contributed by atoms with van der Waals surface area (Å²) < 4.78 is 2.11. The Hall–Kier alpha value is -1.69. The topological polar surface area (TPSA) is 85.4 Å². The Labute approximate surface area is 112 Å². The van der Waals surface area contributed by atoms with Crippen molar-refractivity contribution in [3.05, 3.63) is 30.1 Å². The Balaban J connectivity index is 1.64. The van der Waals surface area contributed by atoms with Gasteiger partial charge < -0.3 is 5.73 Å². The van der Waals surface area contributed by atoms with Crippen LogP contribution in [0.2, 0.25) is 0 Å². The molecule has 6 heteroatoms. The molecule has 0 bridgehead atoms. The number of nitrogens with two attached hydrogens (primary N) is 1. The highest BCUT2D eigenvalue weighted by Crippen LogP contribution is 2.27. The Morgan fingerprint density at radius 3 is 2.95 bits per heavy atom. The van der Waals surface area contributed by atoms with E-state index in [-0.39, 0.29) is 6.04 Å². The molecule has 0 aliphatic heterocycles. The van der Waals surface area contributed by atoms with Crippen molar-refractivity contribution in [2.75, 3.05) is 0 Å². The maximum absolute atomic E-state index is 6.08. The smallest absolute Gasteiger partial charge is 0.141 e. The molecule has 0 aromatic carbocycles. The predicted molar refractivity (Wildman–Crippen MR) is 71.4 cm³/mol. The second kappa shape index (κ2) is 5.52. The maximum Gasteiger partial charge on any atom is 0.141 e. The Kier molecular flexibility index (Phi) is 3.59. The normalized spacial score (nSPS) is 18.6. The van der Waals surface area contributed by atoms with Crippen LogP contribution in [0.3, 0.4) is 0 Å². The van der Waals surface area contributed by atoms with E-state index in [1.165, 1.54) is 38.4 Å². The fraction of sp³-hybridized carbons (Fsp3) is 0.615. The van der Waals surface area contributed by atoms with Crippen LogP contribution in [0.1, 0.15) is 55.7 Å². The van der Waals surface area contributed by atoms with E-state index in [4.69, 9.17) is 5.73 Å². The molecule has 3 rings (SSSR count). The van der Waals surface area contributed by atoms with E-state index in [2.05, 4.69) is 37.2 Å². The van der Waals surface area contributed by atoms with Crippen LogP contribution in [-0.2, 0) is 6.42 Å². The van der Waals surface area contributed by atoms with Crippen molar-refractivity contribution >= 4 is 0 Å². The van der Waals surface area contributed by atoms with E-state index in [1.54, 1.807) is 0 Å². The molecule has 1 unspecified atom stereocenters. The van der Waals surface area contributed by atoms with Crippen LogP contribution in [0, 0.1) is 0 Å². The van der Waals surface area contributed by atoms with E-state index in [0.717, 1.165) is 5.69 Å². The molecule has 1 saturated carbocycles. The number of aromatic nitrogens is 5. The summed E-state index contributed by atoms with van der Waals surface area (Å²) in [5.41, 5.74) is 7.10. The lowest BCUT2D eigenvalue weighted by molar-refractivity contribution is 0.328. The zero-order valence-corrected chi connectivity index (χ0v) is 11.0. The maximum atomic E-state index is 6.08. The fourth-order valence-corrected chi connectivity index (χ4v) is 2.75. The highest BCUT2D eigenvalue weighted by atomic mass is 15.3. The zero-order chi connectivity index (χ0) is 13.1. The average Bonchev–Trinajstić information content (AvgIpc) is 3.11. The molecule has 2 aromatic heterocycles. The third kappa shape index (κ3) is 2.84. The number of hydrogen-bond acceptors (Lipinski definition) is 4. The van der Waals surface area contributed by atoms with Gasteiger partial charge in [0.15, 0.2) is 0 Å². The minimum atomic E-state index is -0.169. The first-order chi connectivity index (χ1) is 9.33. The first kappa shape index (κ1) is 12.3. The molecule has 0 amide bonds. The minimum absolute atomic E-state index is 0.169. The van der Waals surface area contributed by atoms with E-state index in [1.807, 2.05) is 0 Å². The van der Waals surface area contributed by atoms with Gasteiger partial charge in [-0.3, -0.25) is 9.78 Å². The number of rotatable bonds is 4. The van der Waals surface area contributed by atoms with Crippen LogP contribution in [0.15, 0.2) is 18.6 Å². The van der Waals surface area contributed by atoms with Gasteiger partial charge in [-0.15, -0.1) is 0 Å². The molecule has 1 atom stereocenters. The lowest BCUT2D eigenvalue weighted by Crippen LogP contribution is -2.17. The van der Waals surface area contributed by atoms with E-state index >= 15 is 0 Å². The summed E-state index contributed by atoms with van der Waals surface area (Å²) in [6.45, 7) is 0. The number of aromatic amines is 1. The molecule has 0 radical (unpaired) electrons. The summed E-state index contributed by atoms with van der Waals surface area (Å²) in [4.78, 5) is 4.08. The van der Waals surface area contributed by atoms with E-state index < -0.39 is 0 Å². The molecule has 3 N–H and O–H groups in total. The third-order valence-corrected chi connectivity index (χ3v) is 3.83. The van der Waals surface area contributed by atoms with Crippen LogP contribution in [0.5, 0.6) is 0 Å². The van der Waals surface area contributed by atoms with Crippen molar-refractivity contribution in [3.8, 4) is 0 Å². The van der Waals surface area contributed by atoms with Gasteiger partial charge in [0, 0.05) is 12.6 Å². The predicted octanol–water partition coefficient (Wildman–Crippen LogP) is 1.75. The second-order valence-corrected chi connectivity index (χ2v) is 5.26. The summed E-state index contributed by atoms with van der Waals surface area (Å²) in [6.07, 6.45) is 10.7. The van der Waals surface area contributed by atoms with Gasteiger partial charge in [-0.1, -0.05) is 19.3 Å². The largest absolute Gasteiger partial charge is 0.321 e. The van der Waals surface area contributed by atoms with Crippen LogP contribution >= 0.6 is 0 Å². The number of H-pyrrole nitrogens is 1. The Morgan fingerprint density at radius 2 is 2.21 bits per heavy atom. The molecule has 1 fully saturated rings. The molecule has 6 nitrogen and oxygen atoms in total. The van der Waals surface area contributed by atoms with Crippen molar-refractivity contribution in [2.24, 2.45) is 5.73 Å². The molecular weight excluding hydrogens is 240 g/mol. The summed E-state index contributed by atoms with van der Waals surface area (Å²) in [5.74, 6) is 0.715. The zero-order valence-electron chi connectivity index (χ0n) is 11.0. The van der Waals surface area contributed by atoms with Gasteiger partial charge >= 0.3 is 0 Å². The quantitative estimate of drug-likeness (QED) is 0.877. The van der Waals surface area contributed by atoms with E-state index in [9.17, 15) is 0 Å². The standard InChI is InChI=1S/C13H20N6/c14-12(13-15-9-16-17-13)8-10-6-7-19(18-10)11-4-2-1-3-5-11/h6-7,9,11-12H,1-5,8,14H2,(H,15,16,17). The van der Waals surface area contributed by atoms with Crippen LogP contribution in [0.25, 0.3) is 0 Å². The Morgan fingerprint density at radius 1 is 1.37 bits per heavy atom. The Bertz CT molecular complexity index is 497. The average molecular weight is 260 g/mol. The number of nitrogens with one attached hydrogen (secondary N) is 1. The summed E-state index contributed by atoms with van der Waals surface area (Å²) in [7, 11) is 0. The van der Waals surface area contributed by atoms with Crippen molar-refractivity contribution < 1.29 is 0 Å². The van der Waals surface area contributed by atoms with Gasteiger partial charge in [-0.25, -0.2) is 4.98 Å². The number of hydrogen-bond donors (Lipinski definition) is 2. The molecule has 2 heterocycles. The highest BCUT2D eigenvalue weighted by Gasteiger charge is 2.17. The molecule has 1 aliphatic rings. The summed E-state index contributed by atoms with van der Waals surface area (Å²) in [6, 6.07) is 2.46. The lowest BCUT2D eigenvalue weighted by atomic mass is 9.96. The first-order valence-electron chi connectivity index (χ1n) is 6.98. The third-order valence-electron chi connectivity index (χ3n) is 3.83. The summed E-state index contributed by atoms with van der Waals surface area (Å²) >= 11 is 0.